The highest BCUT2D eigenvalue weighted by molar-refractivity contribution is 5.19. The number of aliphatic hydroxyl groups is 1. The number of furan rings is 1. The van der Waals surface area contributed by atoms with E-state index in [1.54, 1.807) is 18.4 Å². The molecule has 1 unspecified atom stereocenters. The second-order valence-electron chi connectivity index (χ2n) is 3.73. The molecule has 1 aliphatic heterocycles. The number of likely N-dealkylation sites (N-methyl/N-ethyl adjacent to an activating group) is 1. The van der Waals surface area contributed by atoms with Gasteiger partial charge in [0.25, 0.3) is 0 Å². The van der Waals surface area contributed by atoms with Crippen molar-refractivity contribution in [2.45, 2.75) is 13.0 Å². The monoisotopic (exact) mass is 208 g/mol. The highest BCUT2D eigenvalue weighted by Crippen LogP contribution is 2.28. The fraction of sp³-hybridized carbons (Fsp3) is 0.455. The Bertz CT molecular complexity index is 345. The van der Waals surface area contributed by atoms with Gasteiger partial charge in [0.2, 0.25) is 0 Å². The number of aliphatic hydroxyl groups excluding tert-OH is 1. The van der Waals surface area contributed by atoms with Crippen molar-refractivity contribution in [2.75, 3.05) is 20.3 Å². The maximum Gasteiger partial charge on any atom is 0.153 e. The molecule has 1 aliphatic rings. The summed E-state index contributed by atoms with van der Waals surface area (Å²) in [6, 6.07) is 3.58. The Labute approximate surface area is 89.4 Å². The first kappa shape index (κ1) is 10.1. The van der Waals surface area contributed by atoms with Gasteiger partial charge >= 0.3 is 0 Å². The first-order chi connectivity index (χ1) is 7.22. The highest BCUT2D eigenvalue weighted by Gasteiger charge is 2.25. The molecule has 0 aliphatic carbocycles. The third-order valence-electron chi connectivity index (χ3n) is 2.59. The van der Waals surface area contributed by atoms with Crippen LogP contribution in [0.15, 0.2) is 34.7 Å². The van der Waals surface area contributed by atoms with Gasteiger partial charge in [0.05, 0.1) is 18.6 Å². The summed E-state index contributed by atoms with van der Waals surface area (Å²) >= 11 is 0. The minimum Gasteiger partial charge on any atom is -0.466 e. The van der Waals surface area contributed by atoms with Gasteiger partial charge in [-0.3, -0.25) is 0 Å². The molecule has 1 N–H and O–H groups in total. The largest absolute Gasteiger partial charge is 0.466 e. The predicted molar refractivity (Wildman–Crippen MR) is 56.8 cm³/mol. The summed E-state index contributed by atoms with van der Waals surface area (Å²) in [5.74, 6) is 0.593. The molecule has 0 aromatic carbocycles. The Balaban J connectivity index is 2.19. The molecule has 15 heavy (non-hydrogen) atoms. The lowest BCUT2D eigenvalue weighted by Crippen LogP contribution is -2.26. The van der Waals surface area contributed by atoms with Crippen LogP contribution in [0.1, 0.15) is 18.8 Å². The standard InChI is InChI=1S/C11H16N2O2/c1-3-13-8-12(2)7-9(13)11(14)10-5-4-6-15-10/h4-7,11,14H,3,8H2,1-2H3. The molecule has 0 amide bonds. The van der Waals surface area contributed by atoms with Gasteiger partial charge < -0.3 is 19.3 Å². The molecule has 2 heterocycles. The van der Waals surface area contributed by atoms with Gasteiger partial charge in [-0.15, -0.1) is 0 Å². The van der Waals surface area contributed by atoms with Crippen LogP contribution in [0, 0.1) is 0 Å². The minimum absolute atomic E-state index is 0.593. The van der Waals surface area contributed by atoms with Crippen LogP contribution < -0.4 is 0 Å². The van der Waals surface area contributed by atoms with Crippen molar-refractivity contribution >= 4 is 0 Å². The van der Waals surface area contributed by atoms with Gasteiger partial charge in [0.1, 0.15) is 5.76 Å². The van der Waals surface area contributed by atoms with Crippen LogP contribution in [0.2, 0.25) is 0 Å². The van der Waals surface area contributed by atoms with E-state index < -0.39 is 6.10 Å². The molecule has 1 aromatic rings. The SMILES string of the molecule is CCN1CN(C)C=C1C(O)c1ccco1. The smallest absolute Gasteiger partial charge is 0.153 e. The van der Waals surface area contributed by atoms with Crippen molar-refractivity contribution in [2.24, 2.45) is 0 Å². The van der Waals surface area contributed by atoms with Crippen LogP contribution in [-0.2, 0) is 0 Å². The Kier molecular flexibility index (Phi) is 2.68. The topological polar surface area (TPSA) is 39.9 Å². The Morgan fingerprint density at radius 2 is 2.40 bits per heavy atom. The fourth-order valence-electron chi connectivity index (χ4n) is 1.82. The molecular weight excluding hydrogens is 192 g/mol. The summed E-state index contributed by atoms with van der Waals surface area (Å²) < 4.78 is 5.20. The number of nitrogens with zero attached hydrogens (tertiary/aromatic N) is 2. The summed E-state index contributed by atoms with van der Waals surface area (Å²) in [4.78, 5) is 4.16. The summed E-state index contributed by atoms with van der Waals surface area (Å²) in [5.41, 5.74) is 0.898. The van der Waals surface area contributed by atoms with E-state index in [-0.39, 0.29) is 0 Å². The van der Waals surface area contributed by atoms with E-state index in [4.69, 9.17) is 4.42 Å². The van der Waals surface area contributed by atoms with Gasteiger partial charge in [0, 0.05) is 19.8 Å². The first-order valence-corrected chi connectivity index (χ1v) is 5.10. The summed E-state index contributed by atoms with van der Waals surface area (Å²) in [5, 5.41) is 10.1. The van der Waals surface area contributed by atoms with E-state index in [1.807, 2.05) is 18.1 Å². The lowest BCUT2D eigenvalue weighted by Gasteiger charge is -2.22. The van der Waals surface area contributed by atoms with Crippen LogP contribution in [0.4, 0.5) is 0 Å². The van der Waals surface area contributed by atoms with E-state index in [2.05, 4.69) is 11.8 Å². The van der Waals surface area contributed by atoms with Gasteiger partial charge in [-0.2, -0.15) is 0 Å². The number of hydrogen-bond acceptors (Lipinski definition) is 4. The van der Waals surface area contributed by atoms with E-state index in [0.29, 0.717) is 5.76 Å². The highest BCUT2D eigenvalue weighted by atomic mass is 16.4. The number of hydrogen-bond donors (Lipinski definition) is 1. The molecule has 4 nitrogen and oxygen atoms in total. The second kappa shape index (κ2) is 3.98. The zero-order chi connectivity index (χ0) is 10.8. The molecule has 2 rings (SSSR count). The van der Waals surface area contributed by atoms with Crippen molar-refractivity contribution < 1.29 is 9.52 Å². The lowest BCUT2D eigenvalue weighted by molar-refractivity contribution is 0.145. The lowest BCUT2D eigenvalue weighted by atomic mass is 10.2. The van der Waals surface area contributed by atoms with E-state index in [1.165, 1.54) is 0 Å². The van der Waals surface area contributed by atoms with E-state index in [9.17, 15) is 5.11 Å². The summed E-state index contributed by atoms with van der Waals surface area (Å²) in [6.45, 7) is 3.78. The quantitative estimate of drug-likeness (QED) is 0.814. The Morgan fingerprint density at radius 1 is 1.60 bits per heavy atom. The van der Waals surface area contributed by atoms with Gasteiger partial charge in [-0.1, -0.05) is 0 Å². The molecule has 0 bridgehead atoms. The van der Waals surface area contributed by atoms with Crippen molar-refractivity contribution in [3.05, 3.63) is 36.1 Å². The molecule has 1 atom stereocenters. The van der Waals surface area contributed by atoms with Gasteiger partial charge in [0.15, 0.2) is 6.10 Å². The van der Waals surface area contributed by atoms with Gasteiger partial charge in [-0.05, 0) is 19.1 Å². The third-order valence-corrected chi connectivity index (χ3v) is 2.59. The normalized spacial score (nSPS) is 18.2. The van der Waals surface area contributed by atoms with Crippen molar-refractivity contribution in [1.29, 1.82) is 0 Å². The third kappa shape index (κ3) is 1.85. The average Bonchev–Trinajstić information content (AvgIpc) is 2.84. The van der Waals surface area contributed by atoms with Crippen molar-refractivity contribution in [3.8, 4) is 0 Å². The zero-order valence-electron chi connectivity index (χ0n) is 9.05. The predicted octanol–water partition coefficient (Wildman–Crippen LogP) is 1.38. The average molecular weight is 208 g/mol. The zero-order valence-corrected chi connectivity index (χ0v) is 9.05. The Hall–Kier alpha value is -1.42. The van der Waals surface area contributed by atoms with Crippen molar-refractivity contribution in [1.82, 2.24) is 9.80 Å². The molecule has 0 fully saturated rings. The van der Waals surface area contributed by atoms with Crippen LogP contribution in [0.5, 0.6) is 0 Å². The number of rotatable bonds is 3. The summed E-state index contributed by atoms with van der Waals surface area (Å²) in [7, 11) is 1.99. The molecule has 0 radical (unpaired) electrons. The molecular formula is C11H16N2O2. The molecule has 82 valence electrons. The Morgan fingerprint density at radius 3 is 3.00 bits per heavy atom. The van der Waals surface area contributed by atoms with Crippen LogP contribution in [0.25, 0.3) is 0 Å². The maximum atomic E-state index is 10.1. The van der Waals surface area contributed by atoms with E-state index in [0.717, 1.165) is 18.9 Å². The van der Waals surface area contributed by atoms with Crippen molar-refractivity contribution in [3.63, 3.8) is 0 Å². The minimum atomic E-state index is -0.662. The van der Waals surface area contributed by atoms with Crippen LogP contribution >= 0.6 is 0 Å². The van der Waals surface area contributed by atoms with Gasteiger partial charge in [-0.25, -0.2) is 0 Å². The van der Waals surface area contributed by atoms with Crippen LogP contribution in [0.3, 0.4) is 0 Å². The molecule has 1 aromatic heterocycles. The second-order valence-corrected chi connectivity index (χ2v) is 3.73. The fourth-order valence-corrected chi connectivity index (χ4v) is 1.82. The van der Waals surface area contributed by atoms with E-state index >= 15 is 0 Å². The summed E-state index contributed by atoms with van der Waals surface area (Å²) in [6.07, 6.45) is 2.87. The first-order valence-electron chi connectivity index (χ1n) is 5.10. The molecule has 0 saturated heterocycles. The van der Waals surface area contributed by atoms with Crippen LogP contribution in [-0.4, -0.2) is 35.2 Å². The molecule has 0 saturated carbocycles. The maximum absolute atomic E-state index is 10.1. The molecule has 4 heteroatoms. The molecule has 0 spiro atoms.